The van der Waals surface area contributed by atoms with Crippen molar-refractivity contribution >= 4 is 77.3 Å². The first-order valence-electron chi connectivity index (χ1n) is 19.9. The summed E-state index contributed by atoms with van der Waals surface area (Å²) in [5, 5.41) is 0. The van der Waals surface area contributed by atoms with Gasteiger partial charge < -0.3 is 0 Å². The van der Waals surface area contributed by atoms with Gasteiger partial charge in [-0.3, -0.25) is 0 Å². The molecule has 3 heterocycles. The third-order valence-electron chi connectivity index (χ3n) is 10.1. The second-order valence-electron chi connectivity index (χ2n) is 14.2. The lowest BCUT2D eigenvalue weighted by Gasteiger charge is -2.04. The van der Waals surface area contributed by atoms with E-state index in [-0.39, 0.29) is 0 Å². The molecular weight excluding hydrogens is 788 g/mol. The Balaban J connectivity index is 1.20. The van der Waals surface area contributed by atoms with Crippen LogP contribution >= 0.6 is 66.3 Å². The zero-order chi connectivity index (χ0) is 34.5. The lowest BCUT2D eigenvalue weighted by atomic mass is 10.0. The van der Waals surface area contributed by atoms with Crippen molar-refractivity contribution in [3.05, 3.63) is 43.0 Å². The van der Waals surface area contributed by atoms with Gasteiger partial charge in [0.25, 0.3) is 0 Å². The molecule has 4 aromatic rings. The van der Waals surface area contributed by atoms with Crippen LogP contribution in [0.25, 0.3) is 31.9 Å². The average molecular weight is 851 g/mol. The average Bonchev–Trinajstić information content (AvgIpc) is 3.84. The number of unbranched alkanes of at least 4 members (excludes halogenated alkanes) is 22. The quantitative estimate of drug-likeness (QED) is 0.0532. The Kier molecular flexibility index (Phi) is 20.7. The molecule has 0 fully saturated rings. The summed E-state index contributed by atoms with van der Waals surface area (Å²) in [6, 6.07) is 9.36. The molecule has 0 bridgehead atoms. The summed E-state index contributed by atoms with van der Waals surface area (Å²) in [7, 11) is 0. The summed E-state index contributed by atoms with van der Waals surface area (Å²) in [4.78, 5) is 2.59. The second kappa shape index (κ2) is 24.6. The summed E-state index contributed by atoms with van der Waals surface area (Å²) in [6.45, 7) is 4.59. The third kappa shape index (κ3) is 14.4. The molecule has 0 saturated carbocycles. The maximum atomic E-state index is 4.81. The number of aromatic nitrogens is 2. The lowest BCUT2D eigenvalue weighted by molar-refractivity contribution is 0.544. The zero-order valence-corrected chi connectivity index (χ0v) is 36.2. The topological polar surface area (TPSA) is 25.8 Å². The van der Waals surface area contributed by atoms with Gasteiger partial charge in [-0.25, -0.2) is 0 Å². The highest BCUT2D eigenvalue weighted by Gasteiger charge is 2.18. The van der Waals surface area contributed by atoms with Crippen molar-refractivity contribution in [2.45, 2.75) is 181 Å². The SMILES string of the molecule is CCCCCCCCCCCCCCc1cc(-c2ccc(-c3cc(CCCCCCCCCCCCCC)c(Br)s3)c3nsnc23)sc1Br. The highest BCUT2D eigenvalue weighted by molar-refractivity contribution is 9.11. The fourth-order valence-electron chi connectivity index (χ4n) is 7.00. The molecule has 2 nitrogen and oxygen atoms in total. The molecule has 0 amide bonds. The molecule has 0 unspecified atom stereocenters. The molecule has 0 radical (unpaired) electrons. The summed E-state index contributed by atoms with van der Waals surface area (Å²) in [6.07, 6.45) is 35.7. The fourth-order valence-corrected chi connectivity index (χ4v) is 11.2. The van der Waals surface area contributed by atoms with Gasteiger partial charge >= 0.3 is 0 Å². The predicted molar refractivity (Wildman–Crippen MR) is 229 cm³/mol. The van der Waals surface area contributed by atoms with Crippen molar-refractivity contribution in [2.24, 2.45) is 0 Å². The van der Waals surface area contributed by atoms with Gasteiger partial charge in [-0.05, 0) is 80.8 Å². The number of hydrogen-bond donors (Lipinski definition) is 0. The second-order valence-corrected chi connectivity index (χ2v) is 19.5. The third-order valence-corrected chi connectivity index (χ3v) is 14.6. The number of aryl methyl sites for hydroxylation is 2. The van der Waals surface area contributed by atoms with Gasteiger partial charge in [0, 0.05) is 20.9 Å². The van der Waals surface area contributed by atoms with E-state index in [1.54, 1.807) is 0 Å². The van der Waals surface area contributed by atoms with E-state index >= 15 is 0 Å². The van der Waals surface area contributed by atoms with Crippen molar-refractivity contribution in [1.29, 1.82) is 0 Å². The number of benzene rings is 1. The van der Waals surface area contributed by atoms with Crippen molar-refractivity contribution < 1.29 is 0 Å². The molecule has 0 aliphatic heterocycles. The first-order chi connectivity index (χ1) is 24.1. The smallest absolute Gasteiger partial charge is 0.114 e. The van der Waals surface area contributed by atoms with E-state index in [0.717, 1.165) is 23.9 Å². The molecule has 0 aliphatic rings. The molecule has 1 aromatic carbocycles. The Morgan fingerprint density at radius 3 is 1.08 bits per heavy atom. The van der Waals surface area contributed by atoms with Gasteiger partial charge in [0.05, 0.1) is 19.3 Å². The first-order valence-corrected chi connectivity index (χ1v) is 23.9. The van der Waals surface area contributed by atoms with Crippen molar-refractivity contribution in [3.63, 3.8) is 0 Å². The van der Waals surface area contributed by atoms with Crippen LogP contribution in [-0.4, -0.2) is 8.75 Å². The molecule has 0 atom stereocenters. The zero-order valence-electron chi connectivity index (χ0n) is 30.6. The van der Waals surface area contributed by atoms with Crippen molar-refractivity contribution in [3.8, 4) is 20.9 Å². The predicted octanol–water partition coefficient (Wildman–Crippen LogP) is 17.2. The van der Waals surface area contributed by atoms with E-state index in [9.17, 15) is 0 Å². The summed E-state index contributed by atoms with van der Waals surface area (Å²) < 4.78 is 12.2. The van der Waals surface area contributed by atoms with Crippen LogP contribution in [0.2, 0.25) is 0 Å². The van der Waals surface area contributed by atoms with Crippen LogP contribution in [0.4, 0.5) is 0 Å². The summed E-state index contributed by atoms with van der Waals surface area (Å²) in [5.74, 6) is 0. The number of rotatable bonds is 28. The van der Waals surface area contributed by atoms with Crippen LogP contribution in [0.5, 0.6) is 0 Å². The van der Waals surface area contributed by atoms with Crippen molar-refractivity contribution in [1.82, 2.24) is 8.75 Å². The van der Waals surface area contributed by atoms with Crippen molar-refractivity contribution in [2.75, 3.05) is 0 Å². The normalized spacial score (nSPS) is 11.8. The van der Waals surface area contributed by atoms with Crippen LogP contribution < -0.4 is 0 Å². The Hall–Kier alpha value is -0.600. The van der Waals surface area contributed by atoms with E-state index in [1.165, 1.54) is 205 Å². The van der Waals surface area contributed by atoms with E-state index < -0.39 is 0 Å². The van der Waals surface area contributed by atoms with Crippen LogP contribution in [0.3, 0.4) is 0 Å². The van der Waals surface area contributed by atoms with E-state index in [4.69, 9.17) is 8.75 Å². The molecule has 0 N–H and O–H groups in total. The molecular formula is C42H62Br2N2S3. The van der Waals surface area contributed by atoms with Gasteiger partial charge in [-0.15, -0.1) is 22.7 Å². The highest BCUT2D eigenvalue weighted by atomic mass is 79.9. The minimum atomic E-state index is 1.04. The maximum Gasteiger partial charge on any atom is 0.114 e. The van der Waals surface area contributed by atoms with Gasteiger partial charge in [-0.1, -0.05) is 167 Å². The number of fused-ring (bicyclic) bond motifs is 1. The Labute approximate surface area is 328 Å². The largest absolute Gasteiger partial charge is 0.172 e. The number of nitrogens with zero attached hydrogens (tertiary/aromatic N) is 2. The molecule has 0 saturated heterocycles. The van der Waals surface area contributed by atoms with Gasteiger partial charge in [0.2, 0.25) is 0 Å². The Morgan fingerprint density at radius 1 is 0.449 bits per heavy atom. The molecule has 4 rings (SSSR count). The minimum Gasteiger partial charge on any atom is -0.172 e. The maximum absolute atomic E-state index is 4.81. The standard InChI is InChI=1S/C42H62Br2N2S3/c1-3-5-7-9-11-13-15-17-19-21-23-25-27-33-31-37(47-41(33)43)35-29-30-36(40-39(35)45-49-46-40)38-32-34(42(44)48-38)28-26-24-22-20-18-16-14-12-10-8-6-4-2/h29-32H,3-28H2,1-2H3. The highest BCUT2D eigenvalue weighted by Crippen LogP contribution is 2.43. The summed E-state index contributed by atoms with van der Waals surface area (Å²) >= 11 is 12.8. The van der Waals surface area contributed by atoms with Gasteiger partial charge in [0.1, 0.15) is 11.0 Å². The van der Waals surface area contributed by atoms with E-state index in [1.807, 2.05) is 22.7 Å². The fraction of sp³-hybridized carbons (Fsp3) is 0.667. The van der Waals surface area contributed by atoms with Crippen LogP contribution in [-0.2, 0) is 12.8 Å². The van der Waals surface area contributed by atoms with Crippen LogP contribution in [0, 0.1) is 0 Å². The molecule has 0 spiro atoms. The number of thiophene rings is 2. The first kappa shape index (κ1) is 41.2. The van der Waals surface area contributed by atoms with Gasteiger partial charge in [0.15, 0.2) is 0 Å². The Morgan fingerprint density at radius 2 is 0.755 bits per heavy atom. The molecule has 49 heavy (non-hydrogen) atoms. The molecule has 0 aliphatic carbocycles. The summed E-state index contributed by atoms with van der Waals surface area (Å²) in [5.41, 5.74) is 7.40. The Bertz CT molecular complexity index is 1350. The molecule has 3 aromatic heterocycles. The minimum absolute atomic E-state index is 1.04. The van der Waals surface area contributed by atoms with Gasteiger partial charge in [-0.2, -0.15) is 8.75 Å². The number of hydrogen-bond acceptors (Lipinski definition) is 5. The van der Waals surface area contributed by atoms with Crippen LogP contribution in [0.15, 0.2) is 31.8 Å². The monoisotopic (exact) mass is 848 g/mol. The van der Waals surface area contributed by atoms with E-state index in [2.05, 4.69) is 70.0 Å². The number of halogens is 2. The molecule has 7 heteroatoms. The van der Waals surface area contributed by atoms with Crippen LogP contribution in [0.1, 0.15) is 179 Å². The van der Waals surface area contributed by atoms with E-state index in [0.29, 0.717) is 0 Å². The lowest BCUT2D eigenvalue weighted by Crippen LogP contribution is -1.86. The molecule has 272 valence electrons.